The molecule has 1 aromatic rings. The Balaban J connectivity index is 1.55. The molecule has 2 N–H and O–H groups in total. The number of carbonyl (C=O) groups excluding carboxylic acids is 2. The highest BCUT2D eigenvalue weighted by molar-refractivity contribution is 5.96. The Morgan fingerprint density at radius 1 is 1.32 bits per heavy atom. The molecule has 1 saturated carbocycles. The maximum Gasteiger partial charge on any atom is 0.273 e. The molecule has 1 aromatic heterocycles. The Bertz CT molecular complexity index is 778. The third kappa shape index (κ3) is 3.94. The van der Waals surface area contributed by atoms with Gasteiger partial charge in [-0.2, -0.15) is 0 Å². The van der Waals surface area contributed by atoms with Gasteiger partial charge < -0.3 is 20.1 Å². The summed E-state index contributed by atoms with van der Waals surface area (Å²) in [5.74, 6) is -4.17. The zero-order valence-electron chi connectivity index (χ0n) is 15.4. The molecule has 3 fully saturated rings. The van der Waals surface area contributed by atoms with Crippen LogP contribution >= 0.6 is 0 Å². The van der Waals surface area contributed by atoms with E-state index in [9.17, 15) is 18.4 Å². The average Bonchev–Trinajstić information content (AvgIpc) is 3.25. The van der Waals surface area contributed by atoms with Crippen molar-refractivity contribution < 1.29 is 27.8 Å². The van der Waals surface area contributed by atoms with Crippen molar-refractivity contribution in [3.63, 3.8) is 0 Å². The maximum atomic E-state index is 13.8. The lowest BCUT2D eigenvalue weighted by atomic mass is 10.1. The number of likely N-dealkylation sites (tertiary alicyclic amines) is 1. The fraction of sp³-hybridized carbons (Fsp3) is 0.632. The zero-order valence-corrected chi connectivity index (χ0v) is 15.4. The number of alkyl halides is 2. The number of primary amides is 1. The Hall–Kier alpha value is -2.29. The summed E-state index contributed by atoms with van der Waals surface area (Å²) < 4.78 is 38.9. The van der Waals surface area contributed by atoms with Crippen molar-refractivity contribution in [2.24, 2.45) is 5.73 Å². The minimum atomic E-state index is -3.15. The van der Waals surface area contributed by atoms with Crippen LogP contribution in [0.5, 0.6) is 5.88 Å². The molecule has 2 atom stereocenters. The summed E-state index contributed by atoms with van der Waals surface area (Å²) in [6.07, 6.45) is 3.15. The molecule has 2 saturated heterocycles. The largest absolute Gasteiger partial charge is 0.475 e. The van der Waals surface area contributed by atoms with Crippen LogP contribution in [0.4, 0.5) is 8.78 Å². The number of nitrogens with two attached hydrogens (primary N) is 1. The molecule has 1 unspecified atom stereocenters. The second-order valence-electron chi connectivity index (χ2n) is 7.72. The fourth-order valence-corrected chi connectivity index (χ4v) is 3.77. The summed E-state index contributed by atoms with van der Waals surface area (Å²) in [4.78, 5) is 29.5. The summed E-state index contributed by atoms with van der Waals surface area (Å²) in [7, 11) is 0. The van der Waals surface area contributed by atoms with Crippen molar-refractivity contribution in [3.8, 4) is 5.88 Å². The zero-order chi connectivity index (χ0) is 19.9. The van der Waals surface area contributed by atoms with Gasteiger partial charge in [0, 0.05) is 18.6 Å². The van der Waals surface area contributed by atoms with Crippen LogP contribution in [0.2, 0.25) is 0 Å². The van der Waals surface area contributed by atoms with Crippen molar-refractivity contribution in [1.29, 1.82) is 0 Å². The van der Waals surface area contributed by atoms with E-state index >= 15 is 0 Å². The smallest absolute Gasteiger partial charge is 0.273 e. The van der Waals surface area contributed by atoms with E-state index in [0.717, 1.165) is 36.1 Å². The van der Waals surface area contributed by atoms with Crippen LogP contribution in [0, 0.1) is 0 Å². The van der Waals surface area contributed by atoms with Crippen molar-refractivity contribution in [2.75, 3.05) is 19.8 Å². The van der Waals surface area contributed by atoms with Crippen LogP contribution in [0.3, 0.4) is 0 Å². The highest BCUT2D eigenvalue weighted by atomic mass is 19.3. The molecule has 9 heteroatoms. The van der Waals surface area contributed by atoms with E-state index in [-0.39, 0.29) is 11.8 Å². The van der Waals surface area contributed by atoms with Crippen LogP contribution in [0.25, 0.3) is 0 Å². The predicted octanol–water partition coefficient (Wildman–Crippen LogP) is 1.85. The van der Waals surface area contributed by atoms with Crippen LogP contribution < -0.4 is 10.5 Å². The SMILES string of the molecule is NC(=O)[C@@H]1CC(F)(F)CN1C(=O)c1ccc(C2CC2)c(OCC2CCCO2)n1. The molecule has 28 heavy (non-hydrogen) atoms. The molecule has 2 amide bonds. The first-order valence-electron chi connectivity index (χ1n) is 9.57. The van der Waals surface area contributed by atoms with Crippen LogP contribution in [0.1, 0.15) is 54.1 Å². The average molecular weight is 395 g/mol. The van der Waals surface area contributed by atoms with Gasteiger partial charge in [-0.05, 0) is 37.7 Å². The van der Waals surface area contributed by atoms with Crippen LogP contribution in [0.15, 0.2) is 12.1 Å². The third-order valence-electron chi connectivity index (χ3n) is 5.42. The standard InChI is InChI=1S/C19H23F2N3O4/c20-19(21)8-15(16(22)25)24(10-19)18(26)14-6-5-13(11-3-4-11)17(23-14)28-9-12-2-1-7-27-12/h5-6,11-12,15H,1-4,7-10H2,(H2,22,25)/t12?,15-/m0/s1. The number of nitrogens with zero attached hydrogens (tertiary/aromatic N) is 2. The number of aromatic nitrogens is 1. The Morgan fingerprint density at radius 3 is 2.75 bits per heavy atom. The molecule has 3 aliphatic rings. The fourth-order valence-electron chi connectivity index (χ4n) is 3.77. The topological polar surface area (TPSA) is 94.8 Å². The van der Waals surface area contributed by atoms with Gasteiger partial charge in [-0.1, -0.05) is 6.07 Å². The van der Waals surface area contributed by atoms with Crippen LogP contribution in [-0.2, 0) is 9.53 Å². The van der Waals surface area contributed by atoms with Gasteiger partial charge in [-0.15, -0.1) is 0 Å². The summed E-state index contributed by atoms with van der Waals surface area (Å²) in [6, 6.07) is 1.92. The number of hydrogen-bond acceptors (Lipinski definition) is 5. The number of rotatable bonds is 6. The van der Waals surface area contributed by atoms with E-state index in [1.807, 2.05) is 0 Å². The first-order chi connectivity index (χ1) is 13.3. The monoisotopic (exact) mass is 395 g/mol. The Morgan fingerprint density at radius 2 is 2.11 bits per heavy atom. The van der Waals surface area contributed by atoms with Gasteiger partial charge in [-0.3, -0.25) is 9.59 Å². The highest BCUT2D eigenvalue weighted by Crippen LogP contribution is 2.44. The van der Waals surface area contributed by atoms with Crippen molar-refractivity contribution >= 4 is 11.8 Å². The minimum absolute atomic E-state index is 0.00951. The van der Waals surface area contributed by atoms with E-state index < -0.39 is 36.7 Å². The van der Waals surface area contributed by atoms with Gasteiger partial charge in [0.05, 0.1) is 12.6 Å². The van der Waals surface area contributed by atoms with Gasteiger partial charge in [0.25, 0.3) is 11.8 Å². The predicted molar refractivity (Wildman–Crippen MR) is 94.3 cm³/mol. The maximum absolute atomic E-state index is 13.8. The summed E-state index contributed by atoms with van der Waals surface area (Å²) >= 11 is 0. The molecule has 152 valence electrons. The minimum Gasteiger partial charge on any atom is -0.475 e. The molecule has 7 nitrogen and oxygen atoms in total. The number of ether oxygens (including phenoxy) is 2. The lowest BCUT2D eigenvalue weighted by Gasteiger charge is -2.22. The van der Waals surface area contributed by atoms with Crippen molar-refractivity contribution in [2.45, 2.75) is 56.1 Å². The van der Waals surface area contributed by atoms with Crippen molar-refractivity contribution in [3.05, 3.63) is 23.4 Å². The number of halogens is 2. The number of amides is 2. The molecule has 0 radical (unpaired) electrons. The van der Waals surface area contributed by atoms with Gasteiger partial charge in [0.1, 0.15) is 18.3 Å². The number of carbonyl (C=O) groups is 2. The first-order valence-corrected chi connectivity index (χ1v) is 9.57. The summed E-state index contributed by atoms with van der Waals surface area (Å²) in [6.45, 7) is 0.181. The highest BCUT2D eigenvalue weighted by Gasteiger charge is 2.49. The Labute approximate surface area is 161 Å². The Kier molecular flexibility index (Phi) is 4.95. The van der Waals surface area contributed by atoms with Gasteiger partial charge in [0.2, 0.25) is 11.8 Å². The molecule has 3 heterocycles. The van der Waals surface area contributed by atoms with Gasteiger partial charge >= 0.3 is 0 Å². The van der Waals surface area contributed by atoms with Gasteiger partial charge in [-0.25, -0.2) is 13.8 Å². The molecule has 1 aliphatic carbocycles. The second-order valence-corrected chi connectivity index (χ2v) is 7.72. The summed E-state index contributed by atoms with van der Waals surface area (Å²) in [5, 5.41) is 0. The van der Waals surface area contributed by atoms with Crippen LogP contribution in [-0.4, -0.2) is 59.5 Å². The number of pyridine rings is 1. The molecule has 0 spiro atoms. The van der Waals surface area contributed by atoms with E-state index in [1.165, 1.54) is 6.07 Å². The normalized spacial score (nSPS) is 26.4. The second kappa shape index (κ2) is 7.27. The quantitative estimate of drug-likeness (QED) is 0.793. The van der Waals surface area contributed by atoms with Gasteiger partial charge in [0.15, 0.2) is 0 Å². The first kappa shape index (κ1) is 19.0. The molecule has 0 aromatic carbocycles. The molecule has 4 rings (SSSR count). The molecular weight excluding hydrogens is 372 g/mol. The van der Waals surface area contributed by atoms with E-state index in [0.29, 0.717) is 25.0 Å². The molecule has 2 aliphatic heterocycles. The summed E-state index contributed by atoms with van der Waals surface area (Å²) in [5.41, 5.74) is 6.10. The third-order valence-corrected chi connectivity index (χ3v) is 5.42. The lowest BCUT2D eigenvalue weighted by Crippen LogP contribution is -2.44. The van der Waals surface area contributed by atoms with Crippen molar-refractivity contribution in [1.82, 2.24) is 9.88 Å². The van der Waals surface area contributed by atoms with E-state index in [4.69, 9.17) is 15.2 Å². The molecular formula is C19H23F2N3O4. The number of hydrogen-bond donors (Lipinski definition) is 1. The van der Waals surface area contributed by atoms with E-state index in [2.05, 4.69) is 4.98 Å². The molecule has 0 bridgehead atoms. The van der Waals surface area contributed by atoms with E-state index in [1.54, 1.807) is 6.07 Å². The lowest BCUT2D eigenvalue weighted by molar-refractivity contribution is -0.121.